The van der Waals surface area contributed by atoms with E-state index in [-0.39, 0.29) is 17.9 Å². The van der Waals surface area contributed by atoms with Crippen LogP contribution < -0.4 is 5.32 Å². The lowest BCUT2D eigenvalue weighted by Crippen LogP contribution is -2.71. The number of nitrogens with zero attached hydrogens (tertiary/aromatic N) is 1. The Morgan fingerprint density at radius 3 is 2.45 bits per heavy atom. The van der Waals surface area contributed by atoms with Crippen LogP contribution in [0, 0.1) is 5.92 Å². The molecular weight excluding hydrogens is 252 g/mol. The molecule has 0 aromatic carbocycles. The van der Waals surface area contributed by atoms with Crippen LogP contribution in [0.25, 0.3) is 0 Å². The van der Waals surface area contributed by atoms with Crippen LogP contribution in [0.15, 0.2) is 0 Å². The number of nitrogens with one attached hydrogen (secondary N) is 1. The van der Waals surface area contributed by atoms with Gasteiger partial charge in [0.2, 0.25) is 11.8 Å². The molecule has 4 heteroatoms. The van der Waals surface area contributed by atoms with Crippen molar-refractivity contribution in [2.24, 2.45) is 5.92 Å². The number of hydrogen-bond donors (Lipinski definition) is 1. The van der Waals surface area contributed by atoms with Gasteiger partial charge < -0.3 is 10.2 Å². The number of carbonyl (C=O) groups excluding carboxylic acids is 2. The second-order valence-electron chi connectivity index (χ2n) is 6.75. The van der Waals surface area contributed by atoms with Gasteiger partial charge in [0.25, 0.3) is 0 Å². The quantitative estimate of drug-likeness (QED) is 0.860. The monoisotopic (exact) mass is 280 g/mol. The first-order valence-electron chi connectivity index (χ1n) is 8.13. The minimum absolute atomic E-state index is 0.0934. The van der Waals surface area contributed by atoms with E-state index in [0.717, 1.165) is 38.5 Å². The van der Waals surface area contributed by atoms with E-state index in [4.69, 9.17) is 0 Å². The van der Waals surface area contributed by atoms with Crippen molar-refractivity contribution < 1.29 is 9.59 Å². The van der Waals surface area contributed by atoms with Gasteiger partial charge in [-0.2, -0.15) is 0 Å². The van der Waals surface area contributed by atoms with Gasteiger partial charge in [-0.1, -0.05) is 46.5 Å². The smallest absolute Gasteiger partial charge is 0.246 e. The molecule has 0 bridgehead atoms. The standard InChI is InChI=1S/C16H28N2O2/c1-4-8-13-14(19)18(11-12(2)3)16(15(20)17-13)9-6-5-7-10-16/h12-13H,4-11H2,1-3H3,(H,17,20). The summed E-state index contributed by atoms with van der Waals surface area (Å²) in [7, 11) is 0. The Morgan fingerprint density at radius 1 is 1.25 bits per heavy atom. The van der Waals surface area contributed by atoms with Gasteiger partial charge in [0.05, 0.1) is 0 Å². The van der Waals surface area contributed by atoms with Crippen LogP contribution in [0.4, 0.5) is 0 Å². The van der Waals surface area contributed by atoms with Crippen molar-refractivity contribution >= 4 is 11.8 Å². The van der Waals surface area contributed by atoms with Crippen LogP contribution in [-0.4, -0.2) is 34.8 Å². The lowest BCUT2D eigenvalue weighted by atomic mass is 9.77. The average molecular weight is 280 g/mol. The molecule has 2 rings (SSSR count). The van der Waals surface area contributed by atoms with Crippen molar-refractivity contribution in [1.82, 2.24) is 10.2 Å². The number of amides is 2. The molecule has 20 heavy (non-hydrogen) atoms. The van der Waals surface area contributed by atoms with Gasteiger partial charge in [-0.05, 0) is 25.2 Å². The van der Waals surface area contributed by atoms with Gasteiger partial charge in [0, 0.05) is 6.54 Å². The Morgan fingerprint density at radius 2 is 1.90 bits per heavy atom. The molecule has 114 valence electrons. The van der Waals surface area contributed by atoms with E-state index in [9.17, 15) is 9.59 Å². The number of hydrogen-bond acceptors (Lipinski definition) is 2. The summed E-state index contributed by atoms with van der Waals surface area (Å²) in [5.41, 5.74) is -0.552. The molecule has 0 aromatic heterocycles. The third kappa shape index (κ3) is 2.70. The van der Waals surface area contributed by atoms with Crippen LogP contribution in [0.5, 0.6) is 0 Å². The van der Waals surface area contributed by atoms with Crippen LogP contribution in [-0.2, 0) is 9.59 Å². The topological polar surface area (TPSA) is 49.4 Å². The van der Waals surface area contributed by atoms with Gasteiger partial charge in [-0.15, -0.1) is 0 Å². The van der Waals surface area contributed by atoms with E-state index in [1.54, 1.807) is 0 Å². The van der Waals surface area contributed by atoms with E-state index in [0.29, 0.717) is 12.5 Å². The van der Waals surface area contributed by atoms with Crippen molar-refractivity contribution in [2.75, 3.05) is 6.54 Å². The van der Waals surface area contributed by atoms with Crippen molar-refractivity contribution in [3.05, 3.63) is 0 Å². The first-order chi connectivity index (χ1) is 9.51. The van der Waals surface area contributed by atoms with E-state index >= 15 is 0 Å². The number of piperazine rings is 1. The lowest BCUT2D eigenvalue weighted by Gasteiger charge is -2.50. The summed E-state index contributed by atoms with van der Waals surface area (Å²) in [6.07, 6.45) is 6.60. The Labute approximate surface area is 122 Å². The molecule has 1 aliphatic carbocycles. The molecule has 0 aromatic rings. The summed E-state index contributed by atoms with van der Waals surface area (Å²) in [6.45, 7) is 6.99. The van der Waals surface area contributed by atoms with Gasteiger partial charge >= 0.3 is 0 Å². The summed E-state index contributed by atoms with van der Waals surface area (Å²) >= 11 is 0. The molecule has 1 atom stereocenters. The van der Waals surface area contributed by atoms with Crippen molar-refractivity contribution in [1.29, 1.82) is 0 Å². The molecule has 1 spiro atoms. The molecule has 2 amide bonds. The average Bonchev–Trinajstić information content (AvgIpc) is 2.42. The molecule has 1 unspecified atom stereocenters. The van der Waals surface area contributed by atoms with Crippen LogP contribution in [0.2, 0.25) is 0 Å². The third-order valence-corrected chi connectivity index (χ3v) is 4.61. The molecule has 0 radical (unpaired) electrons. The highest BCUT2D eigenvalue weighted by molar-refractivity contribution is 5.99. The first-order valence-corrected chi connectivity index (χ1v) is 8.13. The van der Waals surface area contributed by atoms with E-state index in [2.05, 4.69) is 26.1 Å². The van der Waals surface area contributed by atoms with E-state index in [1.807, 2.05) is 4.90 Å². The summed E-state index contributed by atoms with van der Waals surface area (Å²) in [5.74, 6) is 0.629. The largest absolute Gasteiger partial charge is 0.342 e. The molecule has 1 aliphatic heterocycles. The van der Waals surface area contributed by atoms with Crippen molar-refractivity contribution in [3.63, 3.8) is 0 Å². The third-order valence-electron chi connectivity index (χ3n) is 4.61. The van der Waals surface area contributed by atoms with Gasteiger partial charge in [0.15, 0.2) is 0 Å². The normalized spacial score (nSPS) is 26.2. The fourth-order valence-corrected chi connectivity index (χ4v) is 3.62. The Balaban J connectivity index is 2.28. The highest BCUT2D eigenvalue weighted by atomic mass is 16.2. The summed E-state index contributed by atoms with van der Waals surface area (Å²) in [6, 6.07) is -0.307. The van der Waals surface area contributed by atoms with Gasteiger partial charge in [-0.3, -0.25) is 9.59 Å². The molecule has 1 N–H and O–H groups in total. The highest BCUT2D eigenvalue weighted by Crippen LogP contribution is 2.37. The molecule has 2 aliphatic rings. The molecule has 1 saturated carbocycles. The molecule has 1 saturated heterocycles. The van der Waals surface area contributed by atoms with Crippen LogP contribution in [0.3, 0.4) is 0 Å². The summed E-state index contributed by atoms with van der Waals surface area (Å²) in [5, 5.41) is 3.00. The van der Waals surface area contributed by atoms with E-state index < -0.39 is 5.54 Å². The highest BCUT2D eigenvalue weighted by Gasteiger charge is 2.52. The van der Waals surface area contributed by atoms with Crippen LogP contribution in [0.1, 0.15) is 65.7 Å². The zero-order chi connectivity index (χ0) is 14.8. The maximum absolute atomic E-state index is 12.8. The summed E-state index contributed by atoms with van der Waals surface area (Å²) < 4.78 is 0. The maximum atomic E-state index is 12.8. The minimum atomic E-state index is -0.552. The second kappa shape index (κ2) is 6.15. The number of carbonyl (C=O) groups is 2. The molecule has 4 nitrogen and oxygen atoms in total. The minimum Gasteiger partial charge on any atom is -0.342 e. The van der Waals surface area contributed by atoms with Crippen molar-refractivity contribution in [3.8, 4) is 0 Å². The molecule has 1 heterocycles. The fourth-order valence-electron chi connectivity index (χ4n) is 3.62. The predicted molar refractivity (Wildman–Crippen MR) is 79.2 cm³/mol. The Hall–Kier alpha value is -1.06. The van der Waals surface area contributed by atoms with Crippen LogP contribution >= 0.6 is 0 Å². The first kappa shape index (κ1) is 15.3. The van der Waals surface area contributed by atoms with E-state index in [1.165, 1.54) is 6.42 Å². The van der Waals surface area contributed by atoms with Crippen molar-refractivity contribution in [2.45, 2.75) is 77.3 Å². The maximum Gasteiger partial charge on any atom is 0.246 e. The molecular formula is C16H28N2O2. The SMILES string of the molecule is CCCC1NC(=O)C2(CCCCC2)N(CC(C)C)C1=O. The summed E-state index contributed by atoms with van der Waals surface area (Å²) in [4.78, 5) is 27.4. The molecule has 2 fully saturated rings. The zero-order valence-electron chi connectivity index (χ0n) is 13.1. The predicted octanol–water partition coefficient (Wildman–Crippen LogP) is 2.47. The Kier molecular flexibility index (Phi) is 4.71. The second-order valence-corrected chi connectivity index (χ2v) is 6.75. The lowest BCUT2D eigenvalue weighted by molar-refractivity contribution is -0.161. The fraction of sp³-hybridized carbons (Fsp3) is 0.875. The van der Waals surface area contributed by atoms with Gasteiger partial charge in [0.1, 0.15) is 11.6 Å². The zero-order valence-corrected chi connectivity index (χ0v) is 13.1. The van der Waals surface area contributed by atoms with Gasteiger partial charge in [-0.25, -0.2) is 0 Å². The Bertz CT molecular complexity index is 373. The number of rotatable bonds is 4.